The minimum atomic E-state index is 0.864. The summed E-state index contributed by atoms with van der Waals surface area (Å²) in [5.41, 5.74) is 5.48. The normalized spacial score (nSPS) is 15.6. The highest BCUT2D eigenvalue weighted by Gasteiger charge is 2.08. The summed E-state index contributed by atoms with van der Waals surface area (Å²) in [4.78, 5) is 2.54. The van der Waals surface area contributed by atoms with Crippen LogP contribution in [-0.4, -0.2) is 44.3 Å². The summed E-state index contributed by atoms with van der Waals surface area (Å²) >= 11 is 0. The number of hydrogen-bond acceptors (Lipinski definition) is 5. The summed E-state index contributed by atoms with van der Waals surface area (Å²) in [6.45, 7) is 6.30. The second-order valence-corrected chi connectivity index (χ2v) is 5.78. The predicted molar refractivity (Wildman–Crippen MR) is 90.9 cm³/mol. The van der Waals surface area contributed by atoms with E-state index in [1.807, 2.05) is 0 Å². The molecule has 0 aromatic carbocycles. The second kappa shape index (κ2) is 17.9. The van der Waals surface area contributed by atoms with Crippen LogP contribution in [0.3, 0.4) is 0 Å². The Balaban J connectivity index is 0.00000191. The van der Waals surface area contributed by atoms with E-state index in [1.54, 1.807) is 0 Å². The molecule has 1 aliphatic rings. The monoisotopic (exact) mass is 302 g/mol. The molecule has 0 amide bonds. The van der Waals surface area contributed by atoms with E-state index in [2.05, 4.69) is 16.6 Å². The van der Waals surface area contributed by atoms with Crippen LogP contribution in [0.2, 0.25) is 0 Å². The average molecular weight is 303 g/mol. The molecule has 1 rings (SSSR count). The number of morpholine rings is 1. The number of nitrogens with zero attached hydrogens (tertiary/aromatic N) is 1. The predicted octanol–water partition coefficient (Wildman–Crippen LogP) is 2.00. The number of ether oxygens (including phenoxy) is 1. The highest BCUT2D eigenvalue weighted by Crippen LogP contribution is 2.11. The van der Waals surface area contributed by atoms with Gasteiger partial charge in [-0.3, -0.25) is 16.6 Å². The summed E-state index contributed by atoms with van der Waals surface area (Å²) in [5, 5.41) is 0. The zero-order valence-corrected chi connectivity index (χ0v) is 13.9. The van der Waals surface area contributed by atoms with Crippen molar-refractivity contribution in [2.45, 2.75) is 64.2 Å². The highest BCUT2D eigenvalue weighted by molar-refractivity contribution is 4.61. The van der Waals surface area contributed by atoms with Gasteiger partial charge in [-0.2, -0.15) is 0 Å². The highest BCUT2D eigenvalue weighted by atomic mass is 16.5. The van der Waals surface area contributed by atoms with E-state index in [4.69, 9.17) is 10.5 Å². The van der Waals surface area contributed by atoms with E-state index in [0.29, 0.717) is 0 Å². The molecule has 5 heteroatoms. The molecule has 0 aromatic heterocycles. The Morgan fingerprint density at radius 1 is 0.667 bits per heavy atom. The van der Waals surface area contributed by atoms with Crippen LogP contribution in [0.25, 0.3) is 0 Å². The van der Waals surface area contributed by atoms with Crippen LogP contribution in [0.5, 0.6) is 0 Å². The van der Waals surface area contributed by atoms with Gasteiger partial charge in [-0.1, -0.05) is 51.4 Å². The lowest BCUT2D eigenvalue weighted by molar-refractivity contribution is 0.0371. The molecule has 0 saturated carbocycles. The van der Waals surface area contributed by atoms with E-state index in [9.17, 15) is 0 Å². The molecule has 0 atom stereocenters. The molecule has 1 heterocycles. The van der Waals surface area contributed by atoms with Crippen molar-refractivity contribution in [2.75, 3.05) is 39.4 Å². The van der Waals surface area contributed by atoms with Gasteiger partial charge in [-0.05, 0) is 25.9 Å². The summed E-state index contributed by atoms with van der Waals surface area (Å²) < 4.78 is 5.36. The maximum Gasteiger partial charge on any atom is 0.0594 e. The van der Waals surface area contributed by atoms with Gasteiger partial charge < -0.3 is 10.5 Å². The van der Waals surface area contributed by atoms with Crippen LogP contribution >= 0.6 is 0 Å². The van der Waals surface area contributed by atoms with Gasteiger partial charge in [-0.25, -0.2) is 0 Å². The van der Waals surface area contributed by atoms with Gasteiger partial charge in [0, 0.05) is 13.1 Å². The molecule has 0 spiro atoms. The van der Waals surface area contributed by atoms with Crippen LogP contribution in [0.4, 0.5) is 0 Å². The Hall–Kier alpha value is -0.200. The Bertz CT molecular complexity index is 187. The molecule has 5 nitrogen and oxygen atoms in total. The van der Waals surface area contributed by atoms with Crippen LogP contribution < -0.4 is 17.4 Å². The standard InChI is InChI=1S/C16H34N2O.H4N2/c17-11-9-7-5-3-1-2-4-6-8-10-12-18-13-15-19-16-14-18;1-2/h1-17H2;1-2H2. The average Bonchev–Trinajstić information content (AvgIpc) is 2.55. The van der Waals surface area contributed by atoms with E-state index >= 15 is 0 Å². The lowest BCUT2D eigenvalue weighted by Gasteiger charge is -2.26. The zero-order valence-electron chi connectivity index (χ0n) is 13.9. The number of nitrogens with two attached hydrogens (primary N) is 3. The first-order chi connectivity index (χ1) is 10.4. The first kappa shape index (κ1) is 20.8. The van der Waals surface area contributed by atoms with Crippen molar-refractivity contribution in [2.24, 2.45) is 17.4 Å². The summed E-state index contributed by atoms with van der Waals surface area (Å²) in [6.07, 6.45) is 13.8. The summed E-state index contributed by atoms with van der Waals surface area (Å²) in [5.74, 6) is 8.00. The Morgan fingerprint density at radius 3 is 1.57 bits per heavy atom. The molecular formula is C16H38N4O. The molecule has 21 heavy (non-hydrogen) atoms. The minimum absolute atomic E-state index is 0.864. The van der Waals surface area contributed by atoms with Crippen molar-refractivity contribution >= 4 is 0 Å². The smallest absolute Gasteiger partial charge is 0.0594 e. The third-order valence-electron chi connectivity index (χ3n) is 4.03. The van der Waals surface area contributed by atoms with E-state index in [0.717, 1.165) is 32.8 Å². The van der Waals surface area contributed by atoms with Crippen molar-refractivity contribution in [3.8, 4) is 0 Å². The topological polar surface area (TPSA) is 90.5 Å². The van der Waals surface area contributed by atoms with Crippen molar-refractivity contribution in [3.63, 3.8) is 0 Å². The van der Waals surface area contributed by atoms with Gasteiger partial charge in [0.25, 0.3) is 0 Å². The van der Waals surface area contributed by atoms with Crippen LogP contribution in [-0.2, 0) is 4.74 Å². The Labute approximate surface area is 131 Å². The third-order valence-corrected chi connectivity index (χ3v) is 4.03. The summed E-state index contributed by atoms with van der Waals surface area (Å²) in [6, 6.07) is 0. The molecule has 1 fully saturated rings. The third kappa shape index (κ3) is 14.5. The summed E-state index contributed by atoms with van der Waals surface area (Å²) in [7, 11) is 0. The molecule has 1 saturated heterocycles. The number of unbranched alkanes of at least 4 members (excludes halogenated alkanes) is 9. The molecule has 0 radical (unpaired) electrons. The van der Waals surface area contributed by atoms with Crippen LogP contribution in [0.15, 0.2) is 0 Å². The number of rotatable bonds is 12. The van der Waals surface area contributed by atoms with Gasteiger partial charge in [0.15, 0.2) is 0 Å². The van der Waals surface area contributed by atoms with E-state index < -0.39 is 0 Å². The maximum atomic E-state index is 5.48. The first-order valence-electron chi connectivity index (χ1n) is 8.77. The fraction of sp³-hybridized carbons (Fsp3) is 1.00. The van der Waals surface area contributed by atoms with Crippen molar-refractivity contribution in [1.29, 1.82) is 0 Å². The van der Waals surface area contributed by atoms with Gasteiger partial charge in [0.1, 0.15) is 0 Å². The van der Waals surface area contributed by atoms with Gasteiger partial charge in [0.2, 0.25) is 0 Å². The maximum absolute atomic E-state index is 5.48. The van der Waals surface area contributed by atoms with Gasteiger partial charge >= 0.3 is 0 Å². The van der Waals surface area contributed by atoms with Crippen molar-refractivity contribution in [1.82, 2.24) is 4.90 Å². The fourth-order valence-corrected chi connectivity index (χ4v) is 2.72. The molecule has 1 aliphatic heterocycles. The molecule has 6 N–H and O–H groups in total. The van der Waals surface area contributed by atoms with E-state index in [-0.39, 0.29) is 0 Å². The second-order valence-electron chi connectivity index (χ2n) is 5.78. The lowest BCUT2D eigenvalue weighted by Crippen LogP contribution is -2.36. The van der Waals surface area contributed by atoms with Crippen molar-refractivity contribution in [3.05, 3.63) is 0 Å². The molecular weight excluding hydrogens is 264 g/mol. The van der Waals surface area contributed by atoms with E-state index in [1.165, 1.54) is 70.8 Å². The lowest BCUT2D eigenvalue weighted by atomic mass is 10.1. The zero-order chi connectivity index (χ0) is 15.6. The fourth-order valence-electron chi connectivity index (χ4n) is 2.72. The molecule has 0 bridgehead atoms. The quantitative estimate of drug-likeness (QED) is 0.291. The first-order valence-corrected chi connectivity index (χ1v) is 8.77. The molecule has 128 valence electrons. The SMILES string of the molecule is NCCCCCCCCCCCCN1CCOCC1.NN. The Kier molecular flexibility index (Phi) is 17.7. The van der Waals surface area contributed by atoms with Gasteiger partial charge in [0.05, 0.1) is 13.2 Å². The Morgan fingerprint density at radius 2 is 1.10 bits per heavy atom. The van der Waals surface area contributed by atoms with Crippen LogP contribution in [0, 0.1) is 0 Å². The number of hydrazine groups is 1. The minimum Gasteiger partial charge on any atom is -0.379 e. The van der Waals surface area contributed by atoms with Gasteiger partial charge in [-0.15, -0.1) is 0 Å². The van der Waals surface area contributed by atoms with Crippen molar-refractivity contribution < 1.29 is 4.74 Å². The molecule has 0 unspecified atom stereocenters. The largest absolute Gasteiger partial charge is 0.379 e. The molecule has 0 aliphatic carbocycles. The molecule has 0 aromatic rings. The van der Waals surface area contributed by atoms with Crippen LogP contribution in [0.1, 0.15) is 64.2 Å². The number of hydrogen-bond donors (Lipinski definition) is 3.